The zero-order chi connectivity index (χ0) is 13.2. The van der Waals surface area contributed by atoms with Gasteiger partial charge in [-0.1, -0.05) is 0 Å². The van der Waals surface area contributed by atoms with Crippen molar-refractivity contribution >= 4 is 12.0 Å². The van der Waals surface area contributed by atoms with Gasteiger partial charge in [0.15, 0.2) is 0 Å². The Labute approximate surface area is 95.4 Å². The normalized spacial score (nSPS) is 12.3. The first-order valence-electron chi connectivity index (χ1n) is 4.72. The minimum absolute atomic E-state index is 0.289. The largest absolute Gasteiger partial charge is 0.478 e. The molecule has 1 aromatic rings. The van der Waals surface area contributed by atoms with E-state index in [4.69, 9.17) is 5.11 Å². The molecule has 94 valence electrons. The summed E-state index contributed by atoms with van der Waals surface area (Å²) in [6.07, 6.45) is -2.24. The predicted octanol–water partition coefficient (Wildman–Crippen LogP) is 2.16. The number of nitrogens with zero attached hydrogens (tertiary/aromatic N) is 2. The lowest BCUT2D eigenvalue weighted by Gasteiger charge is -2.07. The zero-order valence-electron chi connectivity index (χ0n) is 9.25. The standard InChI is InChI=1S/C10H11F3N2O2/c1-6-8(3-4-9(16)17)7(2)15(14-6)5-10(11,12)13/h3-4H,5H2,1-2H3,(H,16,17)/b4-3+. The van der Waals surface area contributed by atoms with Crippen molar-refractivity contribution in [2.24, 2.45) is 0 Å². The van der Waals surface area contributed by atoms with E-state index in [1.165, 1.54) is 19.9 Å². The first kappa shape index (κ1) is 13.3. The van der Waals surface area contributed by atoms with Crippen molar-refractivity contribution in [2.45, 2.75) is 26.6 Å². The van der Waals surface area contributed by atoms with Crippen LogP contribution < -0.4 is 0 Å². The van der Waals surface area contributed by atoms with Crippen molar-refractivity contribution in [1.82, 2.24) is 9.78 Å². The van der Waals surface area contributed by atoms with E-state index < -0.39 is 18.7 Å². The first-order chi connectivity index (χ1) is 7.70. The van der Waals surface area contributed by atoms with Crippen LogP contribution in [-0.4, -0.2) is 27.0 Å². The van der Waals surface area contributed by atoms with Crippen molar-refractivity contribution in [3.63, 3.8) is 0 Å². The number of alkyl halides is 3. The van der Waals surface area contributed by atoms with Gasteiger partial charge in [-0.2, -0.15) is 18.3 Å². The van der Waals surface area contributed by atoms with Gasteiger partial charge in [0, 0.05) is 17.3 Å². The van der Waals surface area contributed by atoms with Crippen LogP contribution in [0, 0.1) is 13.8 Å². The highest BCUT2D eigenvalue weighted by atomic mass is 19.4. The minimum atomic E-state index is -4.35. The Hall–Kier alpha value is -1.79. The minimum Gasteiger partial charge on any atom is -0.478 e. The number of hydrogen-bond acceptors (Lipinski definition) is 2. The molecule has 0 aromatic carbocycles. The fourth-order valence-corrected chi connectivity index (χ4v) is 1.43. The summed E-state index contributed by atoms with van der Waals surface area (Å²) in [6.45, 7) is 1.81. The molecule has 0 unspecified atom stereocenters. The van der Waals surface area contributed by atoms with Gasteiger partial charge >= 0.3 is 12.1 Å². The number of aromatic nitrogens is 2. The molecule has 1 heterocycles. The van der Waals surface area contributed by atoms with Crippen LogP contribution in [0.15, 0.2) is 6.08 Å². The molecule has 0 radical (unpaired) electrons. The molecule has 7 heteroatoms. The molecule has 0 aliphatic carbocycles. The second-order valence-corrected chi connectivity index (χ2v) is 3.53. The molecule has 0 atom stereocenters. The Morgan fingerprint density at radius 1 is 1.47 bits per heavy atom. The van der Waals surface area contributed by atoms with Gasteiger partial charge in [-0.25, -0.2) is 4.79 Å². The van der Waals surface area contributed by atoms with Crippen LogP contribution in [-0.2, 0) is 11.3 Å². The highest BCUT2D eigenvalue weighted by molar-refractivity contribution is 5.85. The Morgan fingerprint density at radius 2 is 2.06 bits per heavy atom. The van der Waals surface area contributed by atoms with E-state index in [2.05, 4.69) is 5.10 Å². The van der Waals surface area contributed by atoms with Gasteiger partial charge in [0.25, 0.3) is 0 Å². The van der Waals surface area contributed by atoms with Crippen molar-refractivity contribution in [3.8, 4) is 0 Å². The van der Waals surface area contributed by atoms with Crippen LogP contribution in [0.4, 0.5) is 13.2 Å². The average molecular weight is 248 g/mol. The number of aliphatic carboxylic acids is 1. The van der Waals surface area contributed by atoms with E-state index in [1.54, 1.807) is 0 Å². The van der Waals surface area contributed by atoms with E-state index in [9.17, 15) is 18.0 Å². The summed E-state index contributed by atoms with van der Waals surface area (Å²) >= 11 is 0. The van der Waals surface area contributed by atoms with Gasteiger partial charge in [-0.15, -0.1) is 0 Å². The van der Waals surface area contributed by atoms with E-state index in [0.29, 0.717) is 11.3 Å². The maximum absolute atomic E-state index is 12.2. The molecule has 0 fully saturated rings. The molecule has 0 saturated heterocycles. The number of hydrogen-bond donors (Lipinski definition) is 1. The van der Waals surface area contributed by atoms with Crippen LogP contribution in [0.25, 0.3) is 6.08 Å². The summed E-state index contributed by atoms with van der Waals surface area (Å²) < 4.78 is 37.4. The highest BCUT2D eigenvalue weighted by Crippen LogP contribution is 2.21. The van der Waals surface area contributed by atoms with Crippen molar-refractivity contribution < 1.29 is 23.1 Å². The summed E-state index contributed by atoms with van der Waals surface area (Å²) in [4.78, 5) is 10.3. The fourth-order valence-electron chi connectivity index (χ4n) is 1.43. The summed E-state index contributed by atoms with van der Waals surface area (Å²) in [5, 5.41) is 12.2. The average Bonchev–Trinajstić information content (AvgIpc) is 2.37. The highest BCUT2D eigenvalue weighted by Gasteiger charge is 2.29. The van der Waals surface area contributed by atoms with Crippen LogP contribution in [0.5, 0.6) is 0 Å². The quantitative estimate of drug-likeness (QED) is 0.834. The van der Waals surface area contributed by atoms with Crippen LogP contribution in [0.2, 0.25) is 0 Å². The van der Waals surface area contributed by atoms with E-state index in [0.717, 1.165) is 10.8 Å². The van der Waals surface area contributed by atoms with Gasteiger partial charge < -0.3 is 5.11 Å². The smallest absolute Gasteiger partial charge is 0.408 e. The second kappa shape index (κ2) is 4.60. The third kappa shape index (κ3) is 3.61. The summed E-state index contributed by atoms with van der Waals surface area (Å²) in [5.74, 6) is -1.16. The molecular weight excluding hydrogens is 237 g/mol. The van der Waals surface area contributed by atoms with Crippen LogP contribution in [0.1, 0.15) is 17.0 Å². The lowest BCUT2D eigenvalue weighted by molar-refractivity contribution is -0.143. The molecule has 0 amide bonds. The Balaban J connectivity index is 3.06. The Bertz CT molecular complexity index is 461. The molecule has 1 N–H and O–H groups in total. The molecule has 0 aliphatic rings. The number of carboxylic acid groups (broad SMARTS) is 1. The molecule has 4 nitrogen and oxygen atoms in total. The molecule has 1 aromatic heterocycles. The number of aryl methyl sites for hydroxylation is 1. The topological polar surface area (TPSA) is 55.1 Å². The van der Waals surface area contributed by atoms with Crippen molar-refractivity contribution in [2.75, 3.05) is 0 Å². The maximum Gasteiger partial charge on any atom is 0.408 e. The number of rotatable bonds is 3. The molecule has 0 aliphatic heterocycles. The third-order valence-corrected chi connectivity index (χ3v) is 2.16. The number of carbonyl (C=O) groups is 1. The summed E-state index contributed by atoms with van der Waals surface area (Å²) in [7, 11) is 0. The van der Waals surface area contributed by atoms with Gasteiger partial charge in [-0.3, -0.25) is 4.68 Å². The van der Waals surface area contributed by atoms with Gasteiger partial charge in [0.2, 0.25) is 0 Å². The molecule has 1 rings (SSSR count). The third-order valence-electron chi connectivity index (χ3n) is 2.16. The molecule has 0 spiro atoms. The summed E-state index contributed by atoms with van der Waals surface area (Å²) in [6, 6.07) is 0. The number of halogens is 3. The lowest BCUT2D eigenvalue weighted by atomic mass is 10.2. The number of carboxylic acids is 1. The zero-order valence-corrected chi connectivity index (χ0v) is 9.25. The molecule has 17 heavy (non-hydrogen) atoms. The van der Waals surface area contributed by atoms with Crippen molar-refractivity contribution in [1.29, 1.82) is 0 Å². The van der Waals surface area contributed by atoms with E-state index in [1.807, 2.05) is 0 Å². The SMILES string of the molecule is Cc1nn(CC(F)(F)F)c(C)c1/C=C/C(=O)O. The molecule has 0 saturated carbocycles. The Morgan fingerprint density at radius 3 is 2.53 bits per heavy atom. The van der Waals surface area contributed by atoms with Gasteiger partial charge in [-0.05, 0) is 19.9 Å². The molecular formula is C10H11F3N2O2. The monoisotopic (exact) mass is 248 g/mol. The predicted molar refractivity (Wildman–Crippen MR) is 54.4 cm³/mol. The fraction of sp³-hybridized carbons (Fsp3) is 0.400. The van der Waals surface area contributed by atoms with E-state index >= 15 is 0 Å². The second-order valence-electron chi connectivity index (χ2n) is 3.53. The molecule has 0 bridgehead atoms. The van der Waals surface area contributed by atoms with E-state index in [-0.39, 0.29) is 5.69 Å². The first-order valence-corrected chi connectivity index (χ1v) is 4.72. The van der Waals surface area contributed by atoms with Gasteiger partial charge in [0.1, 0.15) is 6.54 Å². The van der Waals surface area contributed by atoms with Gasteiger partial charge in [0.05, 0.1) is 5.69 Å². The summed E-state index contributed by atoms with van der Waals surface area (Å²) in [5.41, 5.74) is 1.05. The maximum atomic E-state index is 12.2. The lowest BCUT2D eigenvalue weighted by Crippen LogP contribution is -2.19. The van der Waals surface area contributed by atoms with Crippen LogP contribution in [0.3, 0.4) is 0 Å². The Kier molecular flexibility index (Phi) is 3.59. The van der Waals surface area contributed by atoms with Crippen molar-refractivity contribution in [3.05, 3.63) is 23.0 Å². The van der Waals surface area contributed by atoms with Crippen LogP contribution >= 0.6 is 0 Å².